The van der Waals surface area contributed by atoms with E-state index in [4.69, 9.17) is 4.74 Å². The molecular formula is C18H28FNO3. The van der Waals surface area contributed by atoms with Gasteiger partial charge in [0.1, 0.15) is 11.8 Å². The second-order valence-electron chi connectivity index (χ2n) is 8.54. The van der Waals surface area contributed by atoms with Crippen molar-refractivity contribution in [2.24, 2.45) is 17.8 Å². The first kappa shape index (κ1) is 16.7. The van der Waals surface area contributed by atoms with Crippen molar-refractivity contribution in [1.82, 2.24) is 4.90 Å². The molecule has 2 aliphatic heterocycles. The summed E-state index contributed by atoms with van der Waals surface area (Å²) in [5.41, 5.74) is -0.615. The number of hydrogen-bond acceptors (Lipinski definition) is 3. The van der Waals surface area contributed by atoms with Crippen LogP contribution in [0, 0.1) is 17.8 Å². The molecule has 2 saturated carbocycles. The van der Waals surface area contributed by atoms with E-state index in [2.05, 4.69) is 0 Å². The van der Waals surface area contributed by atoms with Gasteiger partial charge >= 0.3 is 6.09 Å². The van der Waals surface area contributed by atoms with Gasteiger partial charge in [-0.15, -0.1) is 0 Å². The number of nitrogens with zero attached hydrogens (tertiary/aromatic N) is 1. The Kier molecular flexibility index (Phi) is 4.18. The van der Waals surface area contributed by atoms with Crippen LogP contribution in [0.15, 0.2) is 0 Å². The number of piperidine rings is 2. The van der Waals surface area contributed by atoms with Crippen molar-refractivity contribution in [3.8, 4) is 0 Å². The summed E-state index contributed by atoms with van der Waals surface area (Å²) in [5.74, 6) is -0.0231. The van der Waals surface area contributed by atoms with Crippen LogP contribution in [0.2, 0.25) is 0 Å². The number of carbonyl (C=O) groups excluding carboxylic acids is 2. The zero-order valence-electron chi connectivity index (χ0n) is 14.5. The molecule has 0 radical (unpaired) electrons. The van der Waals surface area contributed by atoms with Crippen LogP contribution in [0.3, 0.4) is 0 Å². The predicted molar refractivity (Wildman–Crippen MR) is 84.8 cm³/mol. The van der Waals surface area contributed by atoms with Gasteiger partial charge in [-0.1, -0.05) is 12.8 Å². The van der Waals surface area contributed by atoms with Gasteiger partial charge in [-0.05, 0) is 52.9 Å². The van der Waals surface area contributed by atoms with Crippen molar-refractivity contribution in [3.63, 3.8) is 0 Å². The molecule has 5 heteroatoms. The number of rotatable bonds is 3. The number of ether oxygens (including phenoxy) is 1. The molecule has 0 unspecified atom stereocenters. The van der Waals surface area contributed by atoms with E-state index in [0.29, 0.717) is 12.3 Å². The van der Waals surface area contributed by atoms with Crippen molar-refractivity contribution >= 4 is 11.9 Å². The zero-order chi connectivity index (χ0) is 16.9. The van der Waals surface area contributed by atoms with Gasteiger partial charge in [-0.3, -0.25) is 9.69 Å². The van der Waals surface area contributed by atoms with Crippen molar-refractivity contribution < 1.29 is 18.7 Å². The lowest BCUT2D eigenvalue weighted by Crippen LogP contribution is -2.67. The molecule has 2 bridgehead atoms. The molecule has 5 atom stereocenters. The van der Waals surface area contributed by atoms with Crippen LogP contribution in [0.1, 0.15) is 59.8 Å². The van der Waals surface area contributed by atoms with E-state index in [-0.39, 0.29) is 23.7 Å². The van der Waals surface area contributed by atoms with Gasteiger partial charge in [-0.2, -0.15) is 0 Å². The van der Waals surface area contributed by atoms with E-state index >= 15 is 0 Å². The Balaban J connectivity index is 1.86. The molecule has 4 nitrogen and oxygen atoms in total. The maximum Gasteiger partial charge on any atom is 0.411 e. The van der Waals surface area contributed by atoms with E-state index < -0.39 is 23.9 Å². The first-order chi connectivity index (χ1) is 10.7. The molecule has 1 amide bonds. The van der Waals surface area contributed by atoms with Gasteiger partial charge in [0.2, 0.25) is 0 Å². The quantitative estimate of drug-likeness (QED) is 0.794. The van der Waals surface area contributed by atoms with Crippen LogP contribution in [0.4, 0.5) is 9.18 Å². The first-order valence-electron chi connectivity index (χ1n) is 8.85. The molecule has 4 rings (SSSR count). The van der Waals surface area contributed by atoms with Crippen molar-refractivity contribution in [2.75, 3.05) is 0 Å². The summed E-state index contributed by atoms with van der Waals surface area (Å²) in [6.45, 7) is 6.91. The number of ketones is 1. The Morgan fingerprint density at radius 2 is 1.83 bits per heavy atom. The molecule has 0 aromatic rings. The van der Waals surface area contributed by atoms with Gasteiger partial charge in [-0.25, -0.2) is 9.18 Å². The van der Waals surface area contributed by atoms with E-state index in [1.54, 1.807) is 4.90 Å². The molecule has 23 heavy (non-hydrogen) atoms. The number of Topliss-reactive ketones (excluding diaryl/α,β-unsaturated/α-hetero) is 1. The van der Waals surface area contributed by atoms with Crippen LogP contribution in [-0.2, 0) is 9.53 Å². The lowest BCUT2D eigenvalue weighted by Gasteiger charge is -2.55. The van der Waals surface area contributed by atoms with Crippen molar-refractivity contribution in [3.05, 3.63) is 0 Å². The molecule has 0 aromatic heterocycles. The Hall–Kier alpha value is -1.13. The molecular weight excluding hydrogens is 297 g/mol. The summed E-state index contributed by atoms with van der Waals surface area (Å²) >= 11 is 0. The molecule has 130 valence electrons. The number of halogens is 1. The number of amides is 1. The average Bonchev–Trinajstić information content (AvgIpc) is 3.23. The zero-order valence-corrected chi connectivity index (χ0v) is 14.5. The summed E-state index contributed by atoms with van der Waals surface area (Å²) in [6.07, 6.45) is 3.22. The number of alkyl halides is 1. The third-order valence-corrected chi connectivity index (χ3v) is 5.49. The molecule has 2 aliphatic carbocycles. The predicted octanol–water partition coefficient (Wildman–Crippen LogP) is 3.73. The SMILES string of the molecule is CC(=O)[C@@H]1[C@@H]2CC[C@@H]([C@H](CC3CC3)[C@H]2F)N1C(=O)OC(C)(C)C. The van der Waals surface area contributed by atoms with E-state index in [1.165, 1.54) is 19.8 Å². The fourth-order valence-corrected chi connectivity index (χ4v) is 4.44. The Morgan fingerprint density at radius 3 is 2.35 bits per heavy atom. The third-order valence-electron chi connectivity index (χ3n) is 5.49. The summed E-state index contributed by atoms with van der Waals surface area (Å²) < 4.78 is 20.5. The van der Waals surface area contributed by atoms with Gasteiger partial charge in [0, 0.05) is 17.9 Å². The minimum absolute atomic E-state index is 0.127. The highest BCUT2D eigenvalue weighted by molar-refractivity contribution is 5.86. The highest BCUT2D eigenvalue weighted by Gasteiger charge is 2.57. The lowest BCUT2D eigenvalue weighted by molar-refractivity contribution is -0.143. The van der Waals surface area contributed by atoms with E-state index in [1.807, 2.05) is 20.8 Å². The smallest absolute Gasteiger partial charge is 0.411 e. The second-order valence-corrected chi connectivity index (χ2v) is 8.54. The Morgan fingerprint density at radius 1 is 1.17 bits per heavy atom. The highest BCUT2D eigenvalue weighted by atomic mass is 19.1. The maximum atomic E-state index is 15.0. The first-order valence-corrected chi connectivity index (χ1v) is 8.85. The molecule has 4 aliphatic rings. The normalized spacial score (nSPS) is 36.9. The molecule has 0 aromatic carbocycles. The van der Waals surface area contributed by atoms with Crippen LogP contribution in [-0.4, -0.2) is 40.6 Å². The van der Waals surface area contributed by atoms with Crippen molar-refractivity contribution in [1.29, 1.82) is 0 Å². The van der Waals surface area contributed by atoms with E-state index in [9.17, 15) is 14.0 Å². The largest absolute Gasteiger partial charge is 0.444 e. The van der Waals surface area contributed by atoms with Crippen LogP contribution in [0.5, 0.6) is 0 Å². The number of carbonyl (C=O) groups is 2. The standard InChI is InChI=1S/C18H28FNO3/c1-10(21)16-12-7-8-14(13(15(12)19)9-11-5-6-11)20(16)17(22)23-18(2,3)4/h11-16H,5-9H2,1-4H3/t12-,13+,14+,15+,16-/m1/s1. The molecule has 0 N–H and O–H groups in total. The highest BCUT2D eigenvalue weighted by Crippen LogP contribution is 2.50. The Labute approximate surface area is 137 Å². The fourth-order valence-electron chi connectivity index (χ4n) is 4.44. The fraction of sp³-hybridized carbons (Fsp3) is 0.889. The molecule has 0 spiro atoms. The minimum Gasteiger partial charge on any atom is -0.444 e. The monoisotopic (exact) mass is 325 g/mol. The van der Waals surface area contributed by atoms with E-state index in [0.717, 1.165) is 12.8 Å². The van der Waals surface area contributed by atoms with Crippen LogP contribution in [0.25, 0.3) is 0 Å². The summed E-state index contributed by atoms with van der Waals surface area (Å²) in [4.78, 5) is 26.4. The topological polar surface area (TPSA) is 46.6 Å². The second kappa shape index (κ2) is 5.75. The van der Waals surface area contributed by atoms with Gasteiger partial charge in [0.05, 0.1) is 6.04 Å². The Bertz CT molecular complexity index is 497. The average molecular weight is 325 g/mol. The minimum atomic E-state index is -0.970. The summed E-state index contributed by atoms with van der Waals surface area (Å²) in [6, 6.07) is -0.853. The third kappa shape index (κ3) is 3.24. The number of hydrogen-bond donors (Lipinski definition) is 0. The molecule has 2 saturated heterocycles. The molecule has 4 fully saturated rings. The van der Waals surface area contributed by atoms with Gasteiger partial charge < -0.3 is 4.74 Å². The number of fused-ring (bicyclic) bond motifs is 3. The maximum absolute atomic E-state index is 15.0. The van der Waals surface area contributed by atoms with Gasteiger partial charge in [0.15, 0.2) is 5.78 Å². The van der Waals surface area contributed by atoms with Crippen LogP contribution >= 0.6 is 0 Å². The van der Waals surface area contributed by atoms with Gasteiger partial charge in [0.25, 0.3) is 0 Å². The van der Waals surface area contributed by atoms with Crippen molar-refractivity contribution in [2.45, 2.75) is 83.7 Å². The lowest BCUT2D eigenvalue weighted by atomic mass is 9.65. The summed E-state index contributed by atoms with van der Waals surface area (Å²) in [5, 5.41) is 0. The van der Waals surface area contributed by atoms with Crippen LogP contribution < -0.4 is 0 Å². The summed E-state index contributed by atoms with van der Waals surface area (Å²) in [7, 11) is 0. The molecule has 2 heterocycles.